The Kier molecular flexibility index (Phi) is 4.30. The van der Waals surface area contributed by atoms with Crippen LogP contribution in [0.15, 0.2) is 36.4 Å². The number of methoxy groups -OCH3 is 2. The van der Waals surface area contributed by atoms with Crippen LogP contribution in [-0.4, -0.2) is 19.3 Å². The van der Waals surface area contributed by atoms with Crippen LogP contribution < -0.4 is 9.47 Å². The molecule has 0 heterocycles. The maximum atomic E-state index is 10.6. The first-order valence-corrected chi connectivity index (χ1v) is 6.54. The first-order chi connectivity index (χ1) is 9.56. The van der Waals surface area contributed by atoms with Gasteiger partial charge in [0.05, 0.1) is 14.2 Å². The first-order valence-electron chi connectivity index (χ1n) is 6.54. The number of hydrogen-bond donors (Lipinski definition) is 1. The second-order valence-electron chi connectivity index (χ2n) is 4.85. The van der Waals surface area contributed by atoms with Crippen molar-refractivity contribution >= 4 is 0 Å². The Labute approximate surface area is 119 Å². The van der Waals surface area contributed by atoms with Crippen molar-refractivity contribution < 1.29 is 14.6 Å². The second-order valence-corrected chi connectivity index (χ2v) is 4.85. The van der Waals surface area contributed by atoms with Crippen LogP contribution >= 0.6 is 0 Å². The predicted molar refractivity (Wildman–Crippen MR) is 79.5 cm³/mol. The van der Waals surface area contributed by atoms with Gasteiger partial charge in [-0.2, -0.15) is 0 Å². The molecule has 0 aliphatic carbocycles. The van der Waals surface area contributed by atoms with E-state index in [-0.39, 0.29) is 0 Å². The number of ether oxygens (including phenoxy) is 2. The lowest BCUT2D eigenvalue weighted by Crippen LogP contribution is -2.03. The molecule has 106 valence electrons. The molecule has 0 saturated carbocycles. The van der Waals surface area contributed by atoms with Crippen molar-refractivity contribution in [2.75, 3.05) is 14.2 Å². The summed E-state index contributed by atoms with van der Waals surface area (Å²) in [6.07, 6.45) is -0.737. The van der Waals surface area contributed by atoms with Crippen LogP contribution in [0.2, 0.25) is 0 Å². The summed E-state index contributed by atoms with van der Waals surface area (Å²) in [5.41, 5.74) is 3.91. The summed E-state index contributed by atoms with van der Waals surface area (Å²) in [6, 6.07) is 11.4. The summed E-state index contributed by atoms with van der Waals surface area (Å²) in [7, 11) is 3.20. The zero-order valence-electron chi connectivity index (χ0n) is 12.3. The highest BCUT2D eigenvalue weighted by molar-refractivity contribution is 5.46. The third-order valence-electron chi connectivity index (χ3n) is 3.58. The number of aryl methyl sites for hydroxylation is 2. The summed E-state index contributed by atoms with van der Waals surface area (Å²) in [5, 5.41) is 10.6. The predicted octanol–water partition coefficient (Wildman–Crippen LogP) is 3.40. The summed E-state index contributed by atoms with van der Waals surface area (Å²) >= 11 is 0. The molecule has 1 atom stereocenters. The Morgan fingerprint density at radius 1 is 0.900 bits per heavy atom. The molecule has 2 aromatic carbocycles. The lowest BCUT2D eigenvalue weighted by molar-refractivity contribution is 0.214. The maximum absolute atomic E-state index is 10.6. The molecular weight excluding hydrogens is 252 g/mol. The molecule has 2 rings (SSSR count). The van der Waals surface area contributed by atoms with Crippen molar-refractivity contribution in [3.63, 3.8) is 0 Å². The summed E-state index contributed by atoms with van der Waals surface area (Å²) < 4.78 is 10.5. The third kappa shape index (κ3) is 2.78. The smallest absolute Gasteiger partial charge is 0.125 e. The third-order valence-corrected chi connectivity index (χ3v) is 3.58. The minimum atomic E-state index is -0.737. The number of rotatable bonds is 4. The van der Waals surface area contributed by atoms with Gasteiger partial charge in [0.15, 0.2) is 0 Å². The molecule has 0 amide bonds. The van der Waals surface area contributed by atoms with E-state index in [0.717, 1.165) is 11.1 Å². The van der Waals surface area contributed by atoms with Gasteiger partial charge in [0.2, 0.25) is 0 Å². The second kappa shape index (κ2) is 5.97. The van der Waals surface area contributed by atoms with E-state index in [1.807, 2.05) is 31.2 Å². The summed E-state index contributed by atoms with van der Waals surface area (Å²) in [5.74, 6) is 1.35. The molecule has 1 N–H and O–H groups in total. The topological polar surface area (TPSA) is 38.7 Å². The van der Waals surface area contributed by atoms with E-state index in [9.17, 15) is 5.11 Å². The van der Waals surface area contributed by atoms with Gasteiger partial charge in [-0.05, 0) is 48.7 Å². The highest BCUT2D eigenvalue weighted by Gasteiger charge is 2.17. The lowest BCUT2D eigenvalue weighted by atomic mass is 9.97. The lowest BCUT2D eigenvalue weighted by Gasteiger charge is -2.17. The molecule has 0 bridgehead atoms. The fourth-order valence-corrected chi connectivity index (χ4v) is 2.17. The van der Waals surface area contributed by atoms with Gasteiger partial charge < -0.3 is 14.6 Å². The summed E-state index contributed by atoms with van der Waals surface area (Å²) in [6.45, 7) is 4.09. The Hall–Kier alpha value is -2.00. The molecule has 0 aromatic heterocycles. The number of hydrogen-bond acceptors (Lipinski definition) is 3. The SMILES string of the molecule is COc1ccc(OC)c(C(O)c2ccc(C)c(C)c2)c1. The van der Waals surface area contributed by atoms with Crippen LogP contribution in [-0.2, 0) is 0 Å². The van der Waals surface area contributed by atoms with Gasteiger partial charge in [0, 0.05) is 5.56 Å². The van der Waals surface area contributed by atoms with Gasteiger partial charge in [-0.3, -0.25) is 0 Å². The standard InChI is InChI=1S/C17H20O3/c1-11-5-6-13(9-12(11)2)17(18)15-10-14(19-3)7-8-16(15)20-4/h5-10,17-18H,1-4H3. The van der Waals surface area contributed by atoms with Gasteiger partial charge in [-0.15, -0.1) is 0 Å². The maximum Gasteiger partial charge on any atom is 0.125 e. The Morgan fingerprint density at radius 2 is 1.65 bits per heavy atom. The fraction of sp³-hybridized carbons (Fsp3) is 0.294. The summed E-state index contributed by atoms with van der Waals surface area (Å²) in [4.78, 5) is 0. The molecule has 0 spiro atoms. The monoisotopic (exact) mass is 272 g/mol. The molecule has 3 heteroatoms. The van der Waals surface area contributed by atoms with Gasteiger partial charge >= 0.3 is 0 Å². The van der Waals surface area contributed by atoms with E-state index in [1.54, 1.807) is 26.4 Å². The number of aliphatic hydroxyl groups is 1. The Morgan fingerprint density at radius 3 is 2.25 bits per heavy atom. The zero-order valence-corrected chi connectivity index (χ0v) is 12.3. The van der Waals surface area contributed by atoms with Gasteiger partial charge in [-0.1, -0.05) is 18.2 Å². The van der Waals surface area contributed by atoms with E-state index in [0.29, 0.717) is 17.1 Å². The molecule has 0 aliphatic rings. The molecule has 3 nitrogen and oxygen atoms in total. The minimum Gasteiger partial charge on any atom is -0.497 e. The van der Waals surface area contributed by atoms with Crippen LogP contribution in [0.25, 0.3) is 0 Å². The zero-order chi connectivity index (χ0) is 14.7. The molecular formula is C17H20O3. The average Bonchev–Trinajstić information content (AvgIpc) is 2.48. The molecule has 0 aliphatic heterocycles. The van der Waals surface area contributed by atoms with E-state index in [4.69, 9.17) is 9.47 Å². The molecule has 0 radical (unpaired) electrons. The van der Waals surface area contributed by atoms with Crippen molar-refractivity contribution in [1.82, 2.24) is 0 Å². The van der Waals surface area contributed by atoms with Gasteiger partial charge in [0.25, 0.3) is 0 Å². The van der Waals surface area contributed by atoms with Crippen LogP contribution in [0.4, 0.5) is 0 Å². The Balaban J connectivity index is 2.45. The van der Waals surface area contributed by atoms with E-state index in [1.165, 1.54) is 5.56 Å². The largest absolute Gasteiger partial charge is 0.497 e. The van der Waals surface area contributed by atoms with Crippen LogP contribution in [0.3, 0.4) is 0 Å². The fourth-order valence-electron chi connectivity index (χ4n) is 2.17. The number of benzene rings is 2. The molecule has 1 unspecified atom stereocenters. The van der Waals surface area contributed by atoms with Crippen molar-refractivity contribution in [2.45, 2.75) is 20.0 Å². The van der Waals surface area contributed by atoms with E-state index < -0.39 is 6.10 Å². The van der Waals surface area contributed by atoms with Crippen molar-refractivity contribution in [3.8, 4) is 11.5 Å². The van der Waals surface area contributed by atoms with Gasteiger partial charge in [0.1, 0.15) is 17.6 Å². The molecule has 0 fully saturated rings. The average molecular weight is 272 g/mol. The van der Waals surface area contributed by atoms with Gasteiger partial charge in [-0.25, -0.2) is 0 Å². The van der Waals surface area contributed by atoms with Crippen LogP contribution in [0.5, 0.6) is 11.5 Å². The quantitative estimate of drug-likeness (QED) is 0.927. The Bertz CT molecular complexity index is 605. The molecule has 20 heavy (non-hydrogen) atoms. The van der Waals surface area contributed by atoms with Crippen molar-refractivity contribution in [3.05, 3.63) is 58.7 Å². The highest BCUT2D eigenvalue weighted by atomic mass is 16.5. The number of aliphatic hydroxyl groups excluding tert-OH is 1. The van der Waals surface area contributed by atoms with Crippen LogP contribution in [0, 0.1) is 13.8 Å². The van der Waals surface area contributed by atoms with E-state index >= 15 is 0 Å². The highest BCUT2D eigenvalue weighted by Crippen LogP contribution is 2.33. The minimum absolute atomic E-state index is 0.650. The normalized spacial score (nSPS) is 12.1. The molecule has 0 saturated heterocycles. The first kappa shape index (κ1) is 14.4. The molecule has 2 aromatic rings. The van der Waals surface area contributed by atoms with Crippen molar-refractivity contribution in [2.24, 2.45) is 0 Å². The van der Waals surface area contributed by atoms with Crippen molar-refractivity contribution in [1.29, 1.82) is 0 Å². The van der Waals surface area contributed by atoms with Crippen LogP contribution in [0.1, 0.15) is 28.4 Å². The van der Waals surface area contributed by atoms with E-state index in [2.05, 4.69) is 6.92 Å².